The minimum absolute atomic E-state index is 0.386. The van der Waals surface area contributed by atoms with Gasteiger partial charge >= 0.3 is 0 Å². The van der Waals surface area contributed by atoms with Crippen LogP contribution in [0.3, 0.4) is 0 Å². The summed E-state index contributed by atoms with van der Waals surface area (Å²) in [5.74, 6) is 1.48. The molecule has 0 aliphatic rings. The van der Waals surface area contributed by atoms with Crippen LogP contribution in [0.5, 0.6) is 0 Å². The maximum Gasteiger partial charge on any atom is 0.233 e. The molecule has 24 heavy (non-hydrogen) atoms. The Labute approximate surface area is 137 Å². The monoisotopic (exact) mass is 318 g/mol. The summed E-state index contributed by atoms with van der Waals surface area (Å²) in [5.41, 5.74) is 2.48. The van der Waals surface area contributed by atoms with E-state index in [0.717, 1.165) is 11.1 Å². The van der Waals surface area contributed by atoms with Crippen molar-refractivity contribution in [2.24, 2.45) is 0 Å². The van der Waals surface area contributed by atoms with Crippen molar-refractivity contribution in [3.63, 3.8) is 0 Å². The van der Waals surface area contributed by atoms with E-state index in [0.29, 0.717) is 29.9 Å². The fourth-order valence-corrected chi connectivity index (χ4v) is 2.26. The molecule has 0 fully saturated rings. The average Bonchev–Trinajstić information content (AvgIpc) is 3.10. The lowest BCUT2D eigenvalue weighted by molar-refractivity contribution is 1.08. The number of aromatic amines is 1. The molecule has 4 rings (SSSR count). The van der Waals surface area contributed by atoms with Crippen LogP contribution >= 0.6 is 0 Å². The van der Waals surface area contributed by atoms with Crippen LogP contribution in [-0.4, -0.2) is 29.9 Å². The zero-order valence-electron chi connectivity index (χ0n) is 12.6. The van der Waals surface area contributed by atoms with Gasteiger partial charge in [0.05, 0.1) is 6.33 Å². The van der Waals surface area contributed by atoms with Gasteiger partial charge < -0.3 is 10.3 Å². The van der Waals surface area contributed by atoms with E-state index in [1.807, 2.05) is 18.2 Å². The summed E-state index contributed by atoms with van der Waals surface area (Å²) in [6.07, 6.45) is 4.89. The second-order valence-electron chi connectivity index (χ2n) is 5.03. The number of nitrogens with zero attached hydrogens (tertiary/aromatic N) is 5. The van der Waals surface area contributed by atoms with Crippen molar-refractivity contribution >= 4 is 28.9 Å². The molecule has 118 valence electrons. The highest BCUT2D eigenvalue weighted by Gasteiger charge is 2.10. The number of fused-ring (bicyclic) bond motifs is 1. The van der Waals surface area contributed by atoms with Crippen LogP contribution in [0.1, 0.15) is 5.56 Å². The molecule has 0 aliphatic carbocycles. The van der Waals surface area contributed by atoms with Crippen LogP contribution in [0.15, 0.2) is 55.1 Å². The van der Waals surface area contributed by atoms with E-state index >= 15 is 0 Å². The minimum Gasteiger partial charge on any atom is -0.364 e. The van der Waals surface area contributed by atoms with Gasteiger partial charge in [0.1, 0.15) is 5.52 Å². The molecule has 3 N–H and O–H groups in total. The summed E-state index contributed by atoms with van der Waals surface area (Å²) in [4.78, 5) is 24.4. The Hall–Kier alpha value is -3.55. The van der Waals surface area contributed by atoms with Gasteiger partial charge in [-0.25, -0.2) is 15.0 Å². The Morgan fingerprint density at radius 2 is 1.71 bits per heavy atom. The molecule has 1 aromatic carbocycles. The van der Waals surface area contributed by atoms with Crippen molar-refractivity contribution in [3.05, 3.63) is 60.7 Å². The Morgan fingerprint density at radius 1 is 0.875 bits per heavy atom. The molecule has 0 unspecified atom stereocenters. The van der Waals surface area contributed by atoms with Crippen LogP contribution < -0.4 is 10.6 Å². The number of imidazole rings is 1. The number of H-pyrrole nitrogens is 1. The lowest BCUT2D eigenvalue weighted by Crippen LogP contribution is -2.06. The summed E-state index contributed by atoms with van der Waals surface area (Å²) in [6, 6.07) is 11.8. The van der Waals surface area contributed by atoms with Gasteiger partial charge in [-0.15, -0.1) is 0 Å². The van der Waals surface area contributed by atoms with Crippen LogP contribution in [0, 0.1) is 0 Å². The number of nitrogens with one attached hydrogen (secondary N) is 3. The van der Waals surface area contributed by atoms with E-state index in [1.165, 1.54) is 0 Å². The van der Waals surface area contributed by atoms with Crippen LogP contribution in [0.25, 0.3) is 11.2 Å². The molecule has 0 saturated heterocycles. The molecule has 4 aromatic rings. The first-order valence-electron chi connectivity index (χ1n) is 7.41. The van der Waals surface area contributed by atoms with Crippen molar-refractivity contribution < 1.29 is 0 Å². The van der Waals surface area contributed by atoms with Gasteiger partial charge in [-0.3, -0.25) is 5.32 Å². The minimum atomic E-state index is 0.386. The van der Waals surface area contributed by atoms with Crippen LogP contribution in [0.2, 0.25) is 0 Å². The maximum absolute atomic E-state index is 4.50. The van der Waals surface area contributed by atoms with Crippen molar-refractivity contribution in [2.75, 3.05) is 10.6 Å². The van der Waals surface area contributed by atoms with E-state index < -0.39 is 0 Å². The van der Waals surface area contributed by atoms with Crippen LogP contribution in [0.4, 0.5) is 17.7 Å². The Bertz CT molecular complexity index is 936. The summed E-state index contributed by atoms with van der Waals surface area (Å²) in [7, 11) is 0. The van der Waals surface area contributed by atoms with E-state index in [4.69, 9.17) is 0 Å². The molecule has 0 bridgehead atoms. The second kappa shape index (κ2) is 6.29. The molecule has 3 aromatic heterocycles. The lowest BCUT2D eigenvalue weighted by atomic mass is 10.2. The third-order valence-electron chi connectivity index (χ3n) is 3.38. The van der Waals surface area contributed by atoms with Crippen molar-refractivity contribution in [1.29, 1.82) is 0 Å². The van der Waals surface area contributed by atoms with Gasteiger partial charge in [-0.05, 0) is 11.6 Å². The van der Waals surface area contributed by atoms with Crippen LogP contribution in [-0.2, 0) is 6.54 Å². The number of rotatable bonds is 5. The fourth-order valence-electron chi connectivity index (χ4n) is 2.26. The topological polar surface area (TPSA) is 104 Å². The molecule has 8 heteroatoms. The molecular formula is C16H14N8. The summed E-state index contributed by atoms with van der Waals surface area (Å²) >= 11 is 0. The molecule has 8 nitrogen and oxygen atoms in total. The predicted molar refractivity (Wildman–Crippen MR) is 90.8 cm³/mol. The van der Waals surface area contributed by atoms with E-state index in [-0.39, 0.29) is 0 Å². The standard InChI is InChI=1S/C16H14N8/c1-2-5-11(6-3-1)9-19-13-12-14(21-10-20-12)23-16(22-13)24-15-17-7-4-8-18-15/h1-8,10H,9H2,(H3,17,18,19,20,21,22,23,24). The first-order chi connectivity index (χ1) is 11.9. The molecule has 0 saturated carbocycles. The molecule has 3 heterocycles. The number of hydrogen-bond donors (Lipinski definition) is 3. The van der Waals surface area contributed by atoms with Crippen molar-refractivity contribution in [3.8, 4) is 0 Å². The maximum atomic E-state index is 4.50. The van der Waals surface area contributed by atoms with E-state index in [1.54, 1.807) is 24.8 Å². The summed E-state index contributed by atoms with van der Waals surface area (Å²) in [6.45, 7) is 0.646. The van der Waals surface area contributed by atoms with E-state index in [2.05, 4.69) is 52.7 Å². The van der Waals surface area contributed by atoms with E-state index in [9.17, 15) is 0 Å². The highest BCUT2D eigenvalue weighted by Crippen LogP contribution is 2.20. The number of benzene rings is 1. The molecule has 0 amide bonds. The Balaban J connectivity index is 1.62. The van der Waals surface area contributed by atoms with Gasteiger partial charge in [-0.2, -0.15) is 9.97 Å². The normalized spacial score (nSPS) is 10.7. The third kappa shape index (κ3) is 2.98. The summed E-state index contributed by atoms with van der Waals surface area (Å²) < 4.78 is 0. The number of aromatic nitrogens is 6. The Morgan fingerprint density at radius 3 is 2.54 bits per heavy atom. The van der Waals surface area contributed by atoms with Gasteiger partial charge in [0.25, 0.3) is 0 Å². The first kappa shape index (κ1) is 14.1. The molecule has 0 spiro atoms. The van der Waals surface area contributed by atoms with Gasteiger partial charge in [-0.1, -0.05) is 30.3 Å². The second-order valence-corrected chi connectivity index (χ2v) is 5.03. The Kier molecular flexibility index (Phi) is 3.69. The van der Waals surface area contributed by atoms with Gasteiger partial charge in [0, 0.05) is 18.9 Å². The smallest absolute Gasteiger partial charge is 0.233 e. The summed E-state index contributed by atoms with van der Waals surface area (Å²) in [5, 5.41) is 6.30. The zero-order chi connectivity index (χ0) is 16.2. The van der Waals surface area contributed by atoms with Gasteiger partial charge in [0.2, 0.25) is 11.9 Å². The first-order valence-corrected chi connectivity index (χ1v) is 7.41. The predicted octanol–water partition coefficient (Wildman–Crippen LogP) is 2.50. The quantitative estimate of drug-likeness (QED) is 0.519. The molecule has 0 atom stereocenters. The average molecular weight is 318 g/mol. The number of hydrogen-bond acceptors (Lipinski definition) is 7. The third-order valence-corrected chi connectivity index (χ3v) is 3.38. The molecular weight excluding hydrogens is 304 g/mol. The SMILES string of the molecule is c1ccc(CNc2nc(Nc3ncccn3)nc3nc[nH]c23)cc1. The highest BCUT2D eigenvalue weighted by atomic mass is 15.2. The lowest BCUT2D eigenvalue weighted by Gasteiger charge is -2.09. The van der Waals surface area contributed by atoms with Crippen molar-refractivity contribution in [1.82, 2.24) is 29.9 Å². The largest absolute Gasteiger partial charge is 0.364 e. The highest BCUT2D eigenvalue weighted by molar-refractivity contribution is 5.83. The number of anilines is 3. The molecule has 0 aliphatic heterocycles. The van der Waals surface area contributed by atoms with Crippen molar-refractivity contribution in [2.45, 2.75) is 6.54 Å². The van der Waals surface area contributed by atoms with Gasteiger partial charge in [0.15, 0.2) is 11.5 Å². The molecule has 0 radical (unpaired) electrons. The fraction of sp³-hybridized carbons (Fsp3) is 0.0625. The zero-order valence-corrected chi connectivity index (χ0v) is 12.6.